The number of hydrogen-bond acceptors (Lipinski definition) is 4. The van der Waals surface area contributed by atoms with Crippen molar-refractivity contribution in [1.82, 2.24) is 15.1 Å². The van der Waals surface area contributed by atoms with Crippen LogP contribution >= 0.6 is 0 Å². The maximum Gasteiger partial charge on any atom is 0.161 e. The fraction of sp³-hybridized carbons (Fsp3) is 0.438. The zero-order chi connectivity index (χ0) is 15.1. The minimum Gasteiger partial charge on any atom is -0.490 e. The summed E-state index contributed by atoms with van der Waals surface area (Å²) in [6.45, 7) is 6.72. The second-order valence-corrected chi connectivity index (χ2v) is 4.76. The second kappa shape index (κ2) is 7.69. The van der Waals surface area contributed by atoms with Crippen molar-refractivity contribution in [3.63, 3.8) is 0 Å². The van der Waals surface area contributed by atoms with Crippen molar-refractivity contribution in [3.05, 3.63) is 41.7 Å². The van der Waals surface area contributed by atoms with E-state index >= 15 is 0 Å². The van der Waals surface area contributed by atoms with Gasteiger partial charge in [0.15, 0.2) is 11.5 Å². The molecule has 0 aliphatic carbocycles. The first-order valence-corrected chi connectivity index (χ1v) is 7.26. The van der Waals surface area contributed by atoms with Crippen molar-refractivity contribution in [2.75, 3.05) is 20.3 Å². The summed E-state index contributed by atoms with van der Waals surface area (Å²) in [7, 11) is 1.94. The first kappa shape index (κ1) is 15.4. The highest BCUT2D eigenvalue weighted by molar-refractivity contribution is 5.39. The SMILES string of the molecule is CCOc1ccccc1OCCn1cc(CNC)c(C)n1. The Bertz CT molecular complexity index is 566. The summed E-state index contributed by atoms with van der Waals surface area (Å²) in [5, 5.41) is 7.63. The van der Waals surface area contributed by atoms with Gasteiger partial charge < -0.3 is 14.8 Å². The summed E-state index contributed by atoms with van der Waals surface area (Å²) in [5.41, 5.74) is 2.27. The van der Waals surface area contributed by atoms with Gasteiger partial charge in [0.1, 0.15) is 6.61 Å². The van der Waals surface area contributed by atoms with E-state index in [1.165, 1.54) is 5.56 Å². The van der Waals surface area contributed by atoms with E-state index in [1.54, 1.807) is 0 Å². The van der Waals surface area contributed by atoms with Gasteiger partial charge in [-0.3, -0.25) is 4.68 Å². The molecule has 0 aliphatic rings. The molecule has 0 bridgehead atoms. The van der Waals surface area contributed by atoms with Crippen molar-refractivity contribution in [1.29, 1.82) is 0 Å². The summed E-state index contributed by atoms with van der Waals surface area (Å²) in [6.07, 6.45) is 2.06. The van der Waals surface area contributed by atoms with E-state index in [0.717, 1.165) is 23.7 Å². The van der Waals surface area contributed by atoms with Gasteiger partial charge in [-0.1, -0.05) is 12.1 Å². The Labute approximate surface area is 125 Å². The van der Waals surface area contributed by atoms with Gasteiger partial charge in [-0.25, -0.2) is 0 Å². The molecule has 0 aliphatic heterocycles. The van der Waals surface area contributed by atoms with Gasteiger partial charge in [-0.2, -0.15) is 5.10 Å². The van der Waals surface area contributed by atoms with E-state index in [1.807, 2.05) is 49.8 Å². The van der Waals surface area contributed by atoms with Crippen LogP contribution in [0.1, 0.15) is 18.2 Å². The highest BCUT2D eigenvalue weighted by Gasteiger charge is 2.06. The lowest BCUT2D eigenvalue weighted by atomic mass is 10.3. The standard InChI is InChI=1S/C16H23N3O2/c1-4-20-15-7-5-6-8-16(15)21-10-9-19-12-14(11-17-3)13(2)18-19/h5-8,12,17H,4,9-11H2,1-3H3. The van der Waals surface area contributed by atoms with E-state index in [2.05, 4.69) is 16.6 Å². The molecule has 1 aromatic heterocycles. The number of nitrogens with one attached hydrogen (secondary N) is 1. The zero-order valence-electron chi connectivity index (χ0n) is 12.9. The maximum atomic E-state index is 5.80. The van der Waals surface area contributed by atoms with E-state index < -0.39 is 0 Å². The topological polar surface area (TPSA) is 48.3 Å². The molecule has 0 unspecified atom stereocenters. The molecule has 5 nitrogen and oxygen atoms in total. The third-order valence-electron chi connectivity index (χ3n) is 3.14. The van der Waals surface area contributed by atoms with Crippen LogP contribution in [0.3, 0.4) is 0 Å². The van der Waals surface area contributed by atoms with Crippen LogP contribution in [0.4, 0.5) is 0 Å². The molecule has 0 spiro atoms. The van der Waals surface area contributed by atoms with Crippen molar-refractivity contribution in [3.8, 4) is 11.5 Å². The van der Waals surface area contributed by atoms with Crippen LogP contribution in [0.2, 0.25) is 0 Å². The first-order valence-electron chi connectivity index (χ1n) is 7.26. The second-order valence-electron chi connectivity index (χ2n) is 4.76. The molecule has 0 fully saturated rings. The summed E-state index contributed by atoms with van der Waals surface area (Å²) < 4.78 is 13.3. The quantitative estimate of drug-likeness (QED) is 0.810. The smallest absolute Gasteiger partial charge is 0.161 e. The van der Waals surface area contributed by atoms with Crippen LogP contribution in [0.25, 0.3) is 0 Å². The largest absolute Gasteiger partial charge is 0.490 e. The molecule has 0 amide bonds. The monoisotopic (exact) mass is 289 g/mol. The van der Waals surface area contributed by atoms with Crippen LogP contribution < -0.4 is 14.8 Å². The predicted octanol–water partition coefficient (Wildman–Crippen LogP) is 2.39. The van der Waals surface area contributed by atoms with Gasteiger partial charge >= 0.3 is 0 Å². The lowest BCUT2D eigenvalue weighted by Gasteiger charge is -2.11. The van der Waals surface area contributed by atoms with Gasteiger partial charge in [0.25, 0.3) is 0 Å². The molecule has 5 heteroatoms. The molecule has 1 heterocycles. The van der Waals surface area contributed by atoms with Gasteiger partial charge in [0.05, 0.1) is 18.8 Å². The number of hydrogen-bond donors (Lipinski definition) is 1. The molecule has 0 saturated carbocycles. The molecule has 2 rings (SSSR count). The van der Waals surface area contributed by atoms with Crippen molar-refractivity contribution < 1.29 is 9.47 Å². The summed E-state index contributed by atoms with van der Waals surface area (Å²) in [5.74, 6) is 1.56. The normalized spacial score (nSPS) is 10.6. The predicted molar refractivity (Wildman–Crippen MR) is 82.8 cm³/mol. The van der Waals surface area contributed by atoms with Gasteiger partial charge in [0, 0.05) is 18.3 Å². The molecular weight excluding hydrogens is 266 g/mol. The molecule has 0 atom stereocenters. The Hall–Kier alpha value is -2.01. The number of nitrogens with zero attached hydrogens (tertiary/aromatic N) is 2. The Morgan fingerprint density at radius 3 is 2.57 bits per heavy atom. The maximum absolute atomic E-state index is 5.80. The lowest BCUT2D eigenvalue weighted by Crippen LogP contribution is -2.09. The summed E-state index contributed by atoms with van der Waals surface area (Å²) in [6, 6.07) is 7.73. The molecule has 2 aromatic rings. The molecule has 21 heavy (non-hydrogen) atoms. The summed E-state index contributed by atoms with van der Waals surface area (Å²) >= 11 is 0. The van der Waals surface area contributed by atoms with E-state index in [0.29, 0.717) is 19.8 Å². The number of ether oxygens (including phenoxy) is 2. The average Bonchev–Trinajstić information content (AvgIpc) is 2.82. The molecule has 0 radical (unpaired) electrons. The Morgan fingerprint density at radius 1 is 1.19 bits per heavy atom. The highest BCUT2D eigenvalue weighted by atomic mass is 16.5. The van der Waals surface area contributed by atoms with Gasteiger partial charge in [-0.15, -0.1) is 0 Å². The fourth-order valence-corrected chi connectivity index (χ4v) is 2.13. The number of benzene rings is 1. The molecule has 0 saturated heterocycles. The minimum atomic E-state index is 0.560. The third-order valence-corrected chi connectivity index (χ3v) is 3.14. The number of rotatable bonds is 8. The molecule has 1 aromatic carbocycles. The molecule has 114 valence electrons. The lowest BCUT2D eigenvalue weighted by molar-refractivity contribution is 0.262. The minimum absolute atomic E-state index is 0.560. The Balaban J connectivity index is 1.91. The Morgan fingerprint density at radius 2 is 1.90 bits per heavy atom. The molecular formula is C16H23N3O2. The number of aromatic nitrogens is 2. The zero-order valence-corrected chi connectivity index (χ0v) is 12.9. The molecule has 1 N–H and O–H groups in total. The highest BCUT2D eigenvalue weighted by Crippen LogP contribution is 2.26. The van der Waals surface area contributed by atoms with E-state index in [4.69, 9.17) is 9.47 Å². The van der Waals surface area contributed by atoms with Crippen LogP contribution in [0.15, 0.2) is 30.5 Å². The van der Waals surface area contributed by atoms with Crippen molar-refractivity contribution in [2.45, 2.75) is 26.9 Å². The average molecular weight is 289 g/mol. The Kier molecular flexibility index (Phi) is 5.63. The van der Waals surface area contributed by atoms with Crippen molar-refractivity contribution >= 4 is 0 Å². The van der Waals surface area contributed by atoms with Gasteiger partial charge in [0.2, 0.25) is 0 Å². The van der Waals surface area contributed by atoms with Gasteiger partial charge in [-0.05, 0) is 33.0 Å². The van der Waals surface area contributed by atoms with Crippen molar-refractivity contribution in [2.24, 2.45) is 0 Å². The fourth-order valence-electron chi connectivity index (χ4n) is 2.13. The number of aryl methyl sites for hydroxylation is 1. The third kappa shape index (κ3) is 4.23. The summed E-state index contributed by atoms with van der Waals surface area (Å²) in [4.78, 5) is 0. The van der Waals surface area contributed by atoms with Crippen LogP contribution in [0, 0.1) is 6.92 Å². The van der Waals surface area contributed by atoms with Crippen LogP contribution in [-0.4, -0.2) is 30.0 Å². The van der Waals surface area contributed by atoms with E-state index in [-0.39, 0.29) is 0 Å². The van der Waals surface area contributed by atoms with Crippen LogP contribution in [0.5, 0.6) is 11.5 Å². The number of para-hydroxylation sites is 2. The van der Waals surface area contributed by atoms with E-state index in [9.17, 15) is 0 Å². The van der Waals surface area contributed by atoms with Crippen LogP contribution in [-0.2, 0) is 13.1 Å². The first-order chi connectivity index (χ1) is 10.2.